The summed E-state index contributed by atoms with van der Waals surface area (Å²) in [5.74, 6) is -0.381. The molecule has 4 N–H and O–H groups in total. The Hall–Kier alpha value is -1.72. The summed E-state index contributed by atoms with van der Waals surface area (Å²) >= 11 is 9.22. The van der Waals surface area contributed by atoms with E-state index in [0.29, 0.717) is 17.3 Å². The number of phenolic OH excluding ortho intramolecular Hbond substituents is 1. The molecule has 0 aliphatic heterocycles. The number of carbonyl (C=O) groups is 1. The third kappa shape index (κ3) is 3.43. The molecule has 0 aliphatic rings. The maximum absolute atomic E-state index is 11.2. The van der Waals surface area contributed by atoms with E-state index in [0.717, 1.165) is 10.0 Å². The number of hydrogen-bond acceptors (Lipinski definition) is 3. The molecule has 2 aromatic carbocycles. The zero-order valence-corrected chi connectivity index (χ0v) is 12.7. The number of nitrogens with two attached hydrogens (primary N) is 1. The molecule has 2 rings (SSSR count). The lowest BCUT2D eigenvalue weighted by Gasteiger charge is -2.10. The number of nitrogens with one attached hydrogen (secondary N) is 1. The van der Waals surface area contributed by atoms with Gasteiger partial charge in [-0.2, -0.15) is 0 Å². The molecule has 104 valence electrons. The molecule has 2 aromatic rings. The summed E-state index contributed by atoms with van der Waals surface area (Å²) in [7, 11) is 0. The number of phenols is 1. The molecule has 0 heterocycles. The summed E-state index contributed by atoms with van der Waals surface area (Å²) < 4.78 is 0.876. The lowest BCUT2D eigenvalue weighted by Crippen LogP contribution is -2.12. The molecule has 4 nitrogen and oxygen atoms in total. The van der Waals surface area contributed by atoms with Crippen molar-refractivity contribution >= 4 is 39.1 Å². The topological polar surface area (TPSA) is 75.4 Å². The van der Waals surface area contributed by atoms with Gasteiger partial charge in [0.15, 0.2) is 0 Å². The van der Waals surface area contributed by atoms with Crippen molar-refractivity contribution in [2.24, 2.45) is 5.73 Å². The lowest BCUT2D eigenvalue weighted by atomic mass is 10.1. The molecule has 0 fully saturated rings. The van der Waals surface area contributed by atoms with E-state index in [9.17, 15) is 9.90 Å². The van der Waals surface area contributed by atoms with Crippen LogP contribution in [0.2, 0.25) is 5.02 Å². The van der Waals surface area contributed by atoms with E-state index >= 15 is 0 Å². The number of hydrogen-bond donors (Lipinski definition) is 3. The third-order valence-corrected chi connectivity index (χ3v) is 3.58. The van der Waals surface area contributed by atoms with Crippen LogP contribution < -0.4 is 11.1 Å². The van der Waals surface area contributed by atoms with Crippen LogP contribution in [0.15, 0.2) is 40.9 Å². The van der Waals surface area contributed by atoms with E-state index in [1.165, 1.54) is 0 Å². The van der Waals surface area contributed by atoms with E-state index < -0.39 is 5.91 Å². The van der Waals surface area contributed by atoms with Gasteiger partial charge in [0.2, 0.25) is 5.91 Å². The number of anilines is 1. The number of primary amides is 1. The number of amides is 1. The van der Waals surface area contributed by atoms with Gasteiger partial charge in [0.05, 0.1) is 10.6 Å². The maximum atomic E-state index is 11.2. The lowest BCUT2D eigenvalue weighted by molar-refractivity contribution is 0.100. The van der Waals surface area contributed by atoms with Crippen molar-refractivity contribution in [3.8, 4) is 5.75 Å². The van der Waals surface area contributed by atoms with Crippen LogP contribution >= 0.6 is 27.5 Å². The predicted molar refractivity (Wildman–Crippen MR) is 83.1 cm³/mol. The fraction of sp³-hybridized carbons (Fsp3) is 0.0714. The smallest absolute Gasteiger partial charge is 0.250 e. The Morgan fingerprint density at radius 3 is 2.75 bits per heavy atom. The van der Waals surface area contributed by atoms with Gasteiger partial charge in [-0.15, -0.1) is 0 Å². The standard InChI is InChI=1S/C14H12BrClN2O2/c15-9-1-4-13(19)8(5-9)7-18-10-2-3-12(16)11(6-10)14(17)20/h1-6,18-19H,7H2,(H2,17,20). The Balaban J connectivity index is 2.17. The highest BCUT2D eigenvalue weighted by molar-refractivity contribution is 9.10. The zero-order chi connectivity index (χ0) is 14.7. The first kappa shape index (κ1) is 14.7. The van der Waals surface area contributed by atoms with Gasteiger partial charge >= 0.3 is 0 Å². The first-order valence-corrected chi connectivity index (χ1v) is 6.95. The molecule has 6 heteroatoms. The van der Waals surface area contributed by atoms with E-state index in [-0.39, 0.29) is 11.3 Å². The molecule has 0 aromatic heterocycles. The van der Waals surface area contributed by atoms with Crippen LogP contribution in [0.1, 0.15) is 15.9 Å². The molecule has 0 radical (unpaired) electrons. The number of carbonyl (C=O) groups excluding carboxylic acids is 1. The average Bonchev–Trinajstić information content (AvgIpc) is 2.41. The fourth-order valence-electron chi connectivity index (χ4n) is 1.72. The first-order chi connectivity index (χ1) is 9.47. The highest BCUT2D eigenvalue weighted by Gasteiger charge is 2.08. The SMILES string of the molecule is NC(=O)c1cc(NCc2cc(Br)ccc2O)ccc1Cl. The molecule has 0 bridgehead atoms. The van der Waals surface area contributed by atoms with Crippen LogP contribution in [0.25, 0.3) is 0 Å². The second-order valence-electron chi connectivity index (χ2n) is 4.19. The van der Waals surface area contributed by atoms with Crippen molar-refractivity contribution in [2.75, 3.05) is 5.32 Å². The van der Waals surface area contributed by atoms with Crippen molar-refractivity contribution in [3.63, 3.8) is 0 Å². The zero-order valence-electron chi connectivity index (χ0n) is 10.4. The van der Waals surface area contributed by atoms with Gasteiger partial charge in [-0.25, -0.2) is 0 Å². The third-order valence-electron chi connectivity index (χ3n) is 2.76. The summed E-state index contributed by atoms with van der Waals surface area (Å²) in [4.78, 5) is 11.2. The van der Waals surface area contributed by atoms with E-state index in [1.54, 1.807) is 30.3 Å². The van der Waals surface area contributed by atoms with Crippen molar-refractivity contribution in [1.29, 1.82) is 0 Å². The fourth-order valence-corrected chi connectivity index (χ4v) is 2.34. The van der Waals surface area contributed by atoms with E-state index in [4.69, 9.17) is 17.3 Å². The minimum atomic E-state index is -0.580. The molecule has 0 unspecified atom stereocenters. The second-order valence-corrected chi connectivity index (χ2v) is 5.51. The molecule has 0 atom stereocenters. The predicted octanol–water partition coefficient (Wildman–Crippen LogP) is 3.52. The monoisotopic (exact) mass is 354 g/mol. The van der Waals surface area contributed by atoms with Gasteiger partial charge < -0.3 is 16.2 Å². The molecular formula is C14H12BrClN2O2. The van der Waals surface area contributed by atoms with Gasteiger partial charge in [-0.05, 0) is 36.4 Å². The quantitative estimate of drug-likeness (QED) is 0.785. The summed E-state index contributed by atoms with van der Waals surface area (Å²) in [6.07, 6.45) is 0. The van der Waals surface area contributed by atoms with Crippen molar-refractivity contribution in [1.82, 2.24) is 0 Å². The van der Waals surface area contributed by atoms with Crippen LogP contribution in [0.4, 0.5) is 5.69 Å². The van der Waals surface area contributed by atoms with Crippen molar-refractivity contribution in [3.05, 3.63) is 57.0 Å². The number of halogens is 2. The molecule has 0 spiro atoms. The molecule has 1 amide bonds. The summed E-state index contributed by atoms with van der Waals surface area (Å²) in [6, 6.07) is 10.1. The Bertz CT molecular complexity index is 662. The first-order valence-electron chi connectivity index (χ1n) is 5.78. The highest BCUT2D eigenvalue weighted by Crippen LogP contribution is 2.24. The van der Waals surface area contributed by atoms with E-state index in [1.807, 2.05) is 6.07 Å². The van der Waals surface area contributed by atoms with Crippen molar-refractivity contribution < 1.29 is 9.90 Å². The number of rotatable bonds is 4. The van der Waals surface area contributed by atoms with Gasteiger partial charge in [0.1, 0.15) is 5.75 Å². The average molecular weight is 356 g/mol. The molecular weight excluding hydrogens is 344 g/mol. The Kier molecular flexibility index (Phi) is 4.52. The summed E-state index contributed by atoms with van der Waals surface area (Å²) in [5, 5.41) is 13.2. The highest BCUT2D eigenvalue weighted by atomic mass is 79.9. The van der Waals surface area contributed by atoms with Crippen molar-refractivity contribution in [2.45, 2.75) is 6.54 Å². The Morgan fingerprint density at radius 1 is 1.30 bits per heavy atom. The molecule has 20 heavy (non-hydrogen) atoms. The Morgan fingerprint density at radius 2 is 2.05 bits per heavy atom. The summed E-state index contributed by atoms with van der Waals surface area (Å²) in [5.41, 5.74) is 6.93. The van der Waals surface area contributed by atoms with Crippen LogP contribution in [-0.4, -0.2) is 11.0 Å². The van der Waals surface area contributed by atoms with Gasteiger partial charge in [0.25, 0.3) is 0 Å². The largest absolute Gasteiger partial charge is 0.508 e. The van der Waals surface area contributed by atoms with Crippen LogP contribution in [0.3, 0.4) is 0 Å². The van der Waals surface area contributed by atoms with E-state index in [2.05, 4.69) is 21.2 Å². The second kappa shape index (κ2) is 6.15. The normalized spacial score (nSPS) is 10.3. The van der Waals surface area contributed by atoms with Gasteiger partial charge in [-0.1, -0.05) is 27.5 Å². The minimum absolute atomic E-state index is 0.199. The van der Waals surface area contributed by atoms with Crippen LogP contribution in [-0.2, 0) is 6.54 Å². The molecule has 0 saturated heterocycles. The minimum Gasteiger partial charge on any atom is -0.508 e. The van der Waals surface area contributed by atoms with Gasteiger partial charge in [0, 0.05) is 22.3 Å². The molecule has 0 saturated carbocycles. The molecule has 0 aliphatic carbocycles. The van der Waals surface area contributed by atoms with Gasteiger partial charge in [-0.3, -0.25) is 4.79 Å². The maximum Gasteiger partial charge on any atom is 0.250 e. The summed E-state index contributed by atoms with van der Waals surface area (Å²) in [6.45, 7) is 0.408. The van der Waals surface area contributed by atoms with Crippen LogP contribution in [0, 0.1) is 0 Å². The Labute approximate surface area is 129 Å². The van der Waals surface area contributed by atoms with Crippen LogP contribution in [0.5, 0.6) is 5.75 Å². The number of benzene rings is 2. The number of aromatic hydroxyl groups is 1.